The van der Waals surface area contributed by atoms with Gasteiger partial charge in [-0.15, -0.1) is 0 Å². The summed E-state index contributed by atoms with van der Waals surface area (Å²) in [5.41, 5.74) is 2.96. The van der Waals surface area contributed by atoms with E-state index in [0.29, 0.717) is 56.9 Å². The van der Waals surface area contributed by atoms with Gasteiger partial charge in [0.1, 0.15) is 28.8 Å². The topological polar surface area (TPSA) is 69.7 Å². The molecule has 1 N–H and O–H groups in total. The minimum absolute atomic E-state index is 0.298. The van der Waals surface area contributed by atoms with E-state index in [0.717, 1.165) is 23.3 Å². The summed E-state index contributed by atoms with van der Waals surface area (Å²) in [4.78, 5) is 17.4. The standard InChI is InChI=1S/C29H24Cl2N2O4/c1-17-12-13-36-26-16-27(23(31)15-22(17)26)37-20-9-6-18(7-10-20)29(34)33-28-5-3-4-24(32-28)21-11-8-19(30)14-25(21)35-2/h3-11,14-17H,12-13H2,1-2H3,(H,32,33,34). The van der Waals surface area contributed by atoms with Crippen molar-refractivity contribution in [1.82, 2.24) is 4.98 Å². The number of nitrogens with one attached hydrogen (secondary N) is 1. The number of carbonyl (C=O) groups excluding carboxylic acids is 1. The van der Waals surface area contributed by atoms with Crippen LogP contribution in [0.2, 0.25) is 10.0 Å². The Morgan fingerprint density at radius 2 is 1.84 bits per heavy atom. The molecule has 8 heteroatoms. The summed E-state index contributed by atoms with van der Waals surface area (Å²) < 4.78 is 17.2. The van der Waals surface area contributed by atoms with Crippen molar-refractivity contribution in [3.8, 4) is 34.3 Å². The van der Waals surface area contributed by atoms with Crippen LogP contribution in [-0.4, -0.2) is 24.6 Å². The summed E-state index contributed by atoms with van der Waals surface area (Å²) in [7, 11) is 1.57. The number of hydrogen-bond acceptors (Lipinski definition) is 5. The molecule has 0 fully saturated rings. The molecule has 37 heavy (non-hydrogen) atoms. The van der Waals surface area contributed by atoms with Gasteiger partial charge in [-0.25, -0.2) is 4.98 Å². The highest BCUT2D eigenvalue weighted by atomic mass is 35.5. The van der Waals surface area contributed by atoms with Crippen LogP contribution in [0, 0.1) is 0 Å². The van der Waals surface area contributed by atoms with Crippen LogP contribution in [0.15, 0.2) is 72.8 Å². The maximum absolute atomic E-state index is 12.9. The van der Waals surface area contributed by atoms with Crippen molar-refractivity contribution in [2.45, 2.75) is 19.3 Å². The van der Waals surface area contributed by atoms with Crippen molar-refractivity contribution in [3.05, 3.63) is 94.0 Å². The fourth-order valence-electron chi connectivity index (χ4n) is 4.16. The minimum atomic E-state index is -0.298. The third-order valence-electron chi connectivity index (χ3n) is 6.18. The van der Waals surface area contributed by atoms with Crippen molar-refractivity contribution < 1.29 is 19.0 Å². The van der Waals surface area contributed by atoms with Crippen LogP contribution in [0.5, 0.6) is 23.0 Å². The fraction of sp³-hybridized carbons (Fsp3) is 0.172. The van der Waals surface area contributed by atoms with Crippen LogP contribution < -0.4 is 19.5 Å². The third-order valence-corrected chi connectivity index (χ3v) is 6.71. The monoisotopic (exact) mass is 534 g/mol. The van der Waals surface area contributed by atoms with Crippen LogP contribution >= 0.6 is 23.2 Å². The van der Waals surface area contributed by atoms with Crippen LogP contribution in [-0.2, 0) is 0 Å². The van der Waals surface area contributed by atoms with Crippen LogP contribution in [0.4, 0.5) is 5.82 Å². The molecular weight excluding hydrogens is 511 g/mol. The lowest BCUT2D eigenvalue weighted by atomic mass is 9.95. The number of fused-ring (bicyclic) bond motifs is 1. The van der Waals surface area contributed by atoms with Crippen molar-refractivity contribution >= 4 is 34.9 Å². The van der Waals surface area contributed by atoms with E-state index in [4.69, 9.17) is 37.4 Å². The normalized spacial score (nSPS) is 14.3. The molecular formula is C29H24Cl2N2O4. The van der Waals surface area contributed by atoms with E-state index in [9.17, 15) is 4.79 Å². The maximum atomic E-state index is 12.9. The lowest BCUT2D eigenvalue weighted by Gasteiger charge is -2.24. The Morgan fingerprint density at radius 3 is 2.62 bits per heavy atom. The number of ether oxygens (including phenoxy) is 3. The van der Waals surface area contributed by atoms with Gasteiger partial charge in [0.05, 0.1) is 24.4 Å². The molecule has 5 rings (SSSR count). The van der Waals surface area contributed by atoms with E-state index in [2.05, 4.69) is 17.2 Å². The summed E-state index contributed by atoms with van der Waals surface area (Å²) in [5.74, 6) is 2.95. The predicted molar refractivity (Wildman–Crippen MR) is 146 cm³/mol. The highest BCUT2D eigenvalue weighted by Gasteiger charge is 2.21. The number of carbonyl (C=O) groups is 1. The van der Waals surface area contributed by atoms with E-state index in [-0.39, 0.29) is 5.91 Å². The summed E-state index contributed by atoms with van der Waals surface area (Å²) in [6.07, 6.45) is 0.961. The Kier molecular flexibility index (Phi) is 7.22. The summed E-state index contributed by atoms with van der Waals surface area (Å²) in [6.45, 7) is 2.83. The number of rotatable bonds is 6. The first-order valence-electron chi connectivity index (χ1n) is 11.8. The molecule has 1 amide bonds. The second-order valence-corrected chi connectivity index (χ2v) is 9.54. The zero-order chi connectivity index (χ0) is 25.9. The first kappa shape index (κ1) is 24.9. The van der Waals surface area contributed by atoms with Crippen LogP contribution in [0.3, 0.4) is 0 Å². The largest absolute Gasteiger partial charge is 0.496 e. The smallest absolute Gasteiger partial charge is 0.256 e. The molecule has 0 saturated carbocycles. The van der Waals surface area contributed by atoms with E-state index < -0.39 is 0 Å². The number of hydrogen-bond donors (Lipinski definition) is 1. The molecule has 0 radical (unpaired) electrons. The van der Waals surface area contributed by atoms with E-state index >= 15 is 0 Å². The number of amides is 1. The second kappa shape index (κ2) is 10.7. The van der Waals surface area contributed by atoms with Gasteiger partial charge in [-0.2, -0.15) is 0 Å². The third kappa shape index (κ3) is 5.50. The number of pyridine rings is 1. The molecule has 4 aromatic rings. The fourth-order valence-corrected chi connectivity index (χ4v) is 4.53. The average molecular weight is 535 g/mol. The zero-order valence-electron chi connectivity index (χ0n) is 20.3. The Balaban J connectivity index is 1.29. The molecule has 1 aliphatic heterocycles. The van der Waals surface area contributed by atoms with Crippen molar-refractivity contribution in [2.24, 2.45) is 0 Å². The van der Waals surface area contributed by atoms with Gasteiger partial charge >= 0.3 is 0 Å². The molecule has 0 bridgehead atoms. The SMILES string of the molecule is COc1cc(Cl)ccc1-c1cccc(NC(=O)c2ccc(Oc3cc4c(cc3Cl)C(C)CCO4)cc2)n1. The number of nitrogens with zero attached hydrogens (tertiary/aromatic N) is 1. The molecule has 1 unspecified atom stereocenters. The number of methoxy groups -OCH3 is 1. The zero-order valence-corrected chi connectivity index (χ0v) is 21.8. The quantitative estimate of drug-likeness (QED) is 0.271. The van der Waals surface area contributed by atoms with Gasteiger partial charge in [-0.3, -0.25) is 4.79 Å². The molecule has 2 heterocycles. The molecule has 0 saturated heterocycles. The highest BCUT2D eigenvalue weighted by Crippen LogP contribution is 2.41. The van der Waals surface area contributed by atoms with Crippen LogP contribution in [0.1, 0.15) is 35.2 Å². The molecule has 6 nitrogen and oxygen atoms in total. The summed E-state index contributed by atoms with van der Waals surface area (Å²) in [6, 6.07) is 21.2. The first-order valence-corrected chi connectivity index (χ1v) is 12.5. The lowest BCUT2D eigenvalue weighted by molar-refractivity contribution is 0.102. The molecule has 1 aromatic heterocycles. The van der Waals surface area contributed by atoms with E-state index in [1.807, 2.05) is 30.3 Å². The Hall–Kier alpha value is -3.74. The molecule has 0 spiro atoms. The second-order valence-electron chi connectivity index (χ2n) is 8.69. The van der Waals surface area contributed by atoms with Gasteiger partial charge in [0.2, 0.25) is 0 Å². The predicted octanol–water partition coefficient (Wildman–Crippen LogP) is 7.99. The minimum Gasteiger partial charge on any atom is -0.496 e. The first-order chi connectivity index (χ1) is 17.9. The number of halogens is 2. The maximum Gasteiger partial charge on any atom is 0.256 e. The number of aromatic nitrogens is 1. The van der Waals surface area contributed by atoms with Crippen LogP contribution in [0.25, 0.3) is 11.3 Å². The van der Waals surface area contributed by atoms with Crippen molar-refractivity contribution in [3.63, 3.8) is 0 Å². The summed E-state index contributed by atoms with van der Waals surface area (Å²) in [5, 5.41) is 3.92. The van der Waals surface area contributed by atoms with Gasteiger partial charge in [-0.1, -0.05) is 36.2 Å². The molecule has 0 aliphatic carbocycles. The number of anilines is 1. The van der Waals surface area contributed by atoms with Gasteiger partial charge in [-0.05, 0) is 78.6 Å². The Morgan fingerprint density at radius 1 is 1.03 bits per heavy atom. The van der Waals surface area contributed by atoms with Gasteiger partial charge < -0.3 is 19.5 Å². The van der Waals surface area contributed by atoms with Gasteiger partial charge in [0.15, 0.2) is 0 Å². The van der Waals surface area contributed by atoms with Gasteiger partial charge in [0.25, 0.3) is 5.91 Å². The average Bonchev–Trinajstić information content (AvgIpc) is 2.90. The number of benzene rings is 3. The lowest BCUT2D eigenvalue weighted by Crippen LogP contribution is -2.13. The van der Waals surface area contributed by atoms with E-state index in [1.54, 1.807) is 49.6 Å². The molecule has 1 atom stereocenters. The highest BCUT2D eigenvalue weighted by molar-refractivity contribution is 6.32. The van der Waals surface area contributed by atoms with Gasteiger partial charge in [0, 0.05) is 22.2 Å². The van der Waals surface area contributed by atoms with E-state index in [1.165, 1.54) is 0 Å². The molecule has 1 aliphatic rings. The molecule has 188 valence electrons. The summed E-state index contributed by atoms with van der Waals surface area (Å²) >= 11 is 12.5. The van der Waals surface area contributed by atoms with Crippen molar-refractivity contribution in [1.29, 1.82) is 0 Å². The Bertz CT molecular complexity index is 1460. The molecule has 3 aromatic carbocycles. The van der Waals surface area contributed by atoms with Crippen molar-refractivity contribution in [2.75, 3.05) is 19.0 Å². The Labute approximate surface area is 225 Å².